The van der Waals surface area contributed by atoms with Gasteiger partial charge in [0.2, 0.25) is 0 Å². The number of hydrogen-bond donors (Lipinski definition) is 1. The molecule has 6 rings (SSSR count). The van der Waals surface area contributed by atoms with Crippen molar-refractivity contribution in [3.63, 3.8) is 0 Å². The molecule has 3 aliphatic heterocycles. The number of nitrogens with zero attached hydrogens (tertiary/aromatic N) is 4. The van der Waals surface area contributed by atoms with Gasteiger partial charge in [-0.2, -0.15) is 12.7 Å². The Kier molecular flexibility index (Phi) is 10.4. The van der Waals surface area contributed by atoms with Crippen LogP contribution in [0.1, 0.15) is 70.2 Å². The Bertz CT molecular complexity index is 2080. The van der Waals surface area contributed by atoms with Crippen molar-refractivity contribution in [2.24, 2.45) is 5.41 Å². The van der Waals surface area contributed by atoms with Gasteiger partial charge >= 0.3 is 15.8 Å². The molecule has 1 aromatic heterocycles. The third kappa shape index (κ3) is 7.15. The molecule has 0 aliphatic carbocycles. The van der Waals surface area contributed by atoms with Crippen LogP contribution in [0, 0.1) is 25.1 Å². The number of methoxy groups -OCH3 is 1. The molecule has 0 spiro atoms. The predicted octanol–water partition coefficient (Wildman–Crippen LogP) is 3.62. The fourth-order valence-corrected chi connectivity index (χ4v) is 8.96. The van der Waals surface area contributed by atoms with Gasteiger partial charge in [-0.25, -0.2) is 13.9 Å². The highest BCUT2D eigenvalue weighted by Gasteiger charge is 2.38. The second-order valence-electron chi connectivity index (χ2n) is 14.8. The number of halogens is 1. The van der Waals surface area contributed by atoms with E-state index in [4.69, 9.17) is 13.9 Å². The fraction of sp³-hybridized carbons (Fsp3) is 0.541. The van der Waals surface area contributed by atoms with E-state index in [0.29, 0.717) is 30.6 Å². The quantitative estimate of drug-likeness (QED) is 0.324. The summed E-state index contributed by atoms with van der Waals surface area (Å²) in [6.07, 6.45) is 0.975. The summed E-state index contributed by atoms with van der Waals surface area (Å²) in [5.74, 6) is -2.93. The first-order valence-electron chi connectivity index (χ1n) is 17.7. The van der Waals surface area contributed by atoms with Gasteiger partial charge in [0.05, 0.1) is 42.5 Å². The van der Waals surface area contributed by atoms with Crippen molar-refractivity contribution in [1.29, 1.82) is 0 Å². The second-order valence-corrected chi connectivity index (χ2v) is 16.5. The molecule has 0 saturated carbocycles. The van der Waals surface area contributed by atoms with Gasteiger partial charge in [0, 0.05) is 63.0 Å². The third-order valence-corrected chi connectivity index (χ3v) is 12.0. The lowest BCUT2D eigenvalue weighted by Crippen LogP contribution is -2.53. The van der Waals surface area contributed by atoms with Crippen molar-refractivity contribution in [3.05, 3.63) is 67.8 Å². The number of carbonyl (C=O) groups excluding carboxylic acids is 2. The monoisotopic (exact) mass is 741 g/mol. The summed E-state index contributed by atoms with van der Waals surface area (Å²) in [6, 6.07) is 4.28. The minimum absolute atomic E-state index is 0.0703. The van der Waals surface area contributed by atoms with E-state index in [1.54, 1.807) is 14.0 Å². The van der Waals surface area contributed by atoms with E-state index in [0.717, 1.165) is 59.5 Å². The van der Waals surface area contributed by atoms with Crippen LogP contribution in [0.5, 0.6) is 5.75 Å². The van der Waals surface area contributed by atoms with Crippen LogP contribution in [0.3, 0.4) is 0 Å². The average molecular weight is 742 g/mol. The van der Waals surface area contributed by atoms with E-state index < -0.39 is 33.5 Å². The van der Waals surface area contributed by atoms with E-state index in [1.807, 2.05) is 32.4 Å². The Hall–Kier alpha value is -4.05. The van der Waals surface area contributed by atoms with Crippen LogP contribution in [-0.2, 0) is 27.9 Å². The zero-order chi connectivity index (χ0) is 37.7. The van der Waals surface area contributed by atoms with Gasteiger partial charge in [-0.15, -0.1) is 0 Å². The molecule has 2 aromatic carbocycles. The highest BCUT2D eigenvalue weighted by atomic mass is 32.2. The van der Waals surface area contributed by atoms with Crippen LogP contribution in [0.4, 0.5) is 10.1 Å². The highest BCUT2D eigenvalue weighted by molar-refractivity contribution is 7.87. The number of ether oxygens (including phenoxy) is 2. The zero-order valence-corrected chi connectivity index (χ0v) is 31.7. The molecule has 0 bridgehead atoms. The largest absolute Gasteiger partial charge is 0.493 e. The molecule has 15 heteroatoms. The molecule has 0 unspecified atom stereocenters. The lowest BCUT2D eigenvalue weighted by atomic mass is 9.92. The molecular formula is C37H48FN5O8S. The lowest BCUT2D eigenvalue weighted by Gasteiger charge is -2.41. The Morgan fingerprint density at radius 1 is 1.08 bits per heavy atom. The van der Waals surface area contributed by atoms with Gasteiger partial charge in [-0.3, -0.25) is 14.5 Å². The van der Waals surface area contributed by atoms with Crippen LogP contribution in [-0.4, -0.2) is 107 Å². The zero-order valence-electron chi connectivity index (χ0n) is 30.9. The molecule has 1 N–H and O–H groups in total. The fourth-order valence-electron chi connectivity index (χ4n) is 7.64. The average Bonchev–Trinajstić information content (AvgIpc) is 3.48. The minimum Gasteiger partial charge on any atom is -0.493 e. The van der Waals surface area contributed by atoms with Crippen molar-refractivity contribution < 1.29 is 36.3 Å². The number of hydrogen-bond acceptors (Lipinski definition) is 10. The summed E-state index contributed by atoms with van der Waals surface area (Å²) in [5, 5.41) is 0.846. The molecule has 52 heavy (non-hydrogen) atoms. The number of likely N-dealkylation sites (N-methyl/N-ethyl adjacent to an activating group) is 1. The smallest absolute Gasteiger partial charge is 0.341 e. The summed E-state index contributed by atoms with van der Waals surface area (Å²) in [7, 11) is -0.416. The Balaban J connectivity index is 1.26. The highest BCUT2D eigenvalue weighted by Crippen LogP contribution is 2.37. The van der Waals surface area contributed by atoms with Crippen LogP contribution < -0.4 is 20.0 Å². The first kappa shape index (κ1) is 37.7. The molecule has 3 aromatic rings. The third-order valence-electron chi connectivity index (χ3n) is 10.6. The summed E-state index contributed by atoms with van der Waals surface area (Å²) in [5.41, 5.74) is 2.97. The molecule has 1 atom stereocenters. The van der Waals surface area contributed by atoms with Crippen LogP contribution in [0.2, 0.25) is 0 Å². The SMILES string of the molecule is CCOc1cc(C(=O)N2CCc3c(c(=O)oc4c(C)c(N5CCN(C)[C@@H](COC)C5)cc(C)c34)C2)c(F)cc1C(=O)NS(=O)(=O)N1CCC(C)(C)C1. The van der Waals surface area contributed by atoms with Crippen LogP contribution in [0.15, 0.2) is 27.4 Å². The van der Waals surface area contributed by atoms with Crippen molar-refractivity contribution >= 4 is 38.7 Å². The maximum atomic E-state index is 15.7. The van der Waals surface area contributed by atoms with E-state index in [9.17, 15) is 22.8 Å². The number of anilines is 1. The number of nitrogens with one attached hydrogen (secondary N) is 1. The second kappa shape index (κ2) is 14.4. The number of fused-ring (bicyclic) bond motifs is 3. The summed E-state index contributed by atoms with van der Waals surface area (Å²) >= 11 is 0. The van der Waals surface area contributed by atoms with Gasteiger partial charge in [0.1, 0.15) is 17.1 Å². The topological polar surface area (TPSA) is 142 Å². The van der Waals surface area contributed by atoms with Gasteiger partial charge in [0.25, 0.3) is 11.8 Å². The summed E-state index contributed by atoms with van der Waals surface area (Å²) < 4.78 is 61.9. The standard InChI is InChI=1S/C37H48FN5O8S/c1-8-50-31-17-26(29(38)16-27(31)34(44)39-52(47,48)43-12-10-37(4,5)21-43)35(45)42-11-9-25-28(19-42)36(46)51-33-23(3)30(15-22(2)32(25)33)41-14-13-40(6)24(18-41)20-49-7/h15-17,24H,8-14,18-21H2,1-7H3,(H,39,44)/t24-/m1/s1. The van der Waals surface area contributed by atoms with E-state index in [1.165, 1.54) is 9.21 Å². The molecule has 0 radical (unpaired) electrons. The lowest BCUT2D eigenvalue weighted by molar-refractivity contribution is 0.0726. The Morgan fingerprint density at radius 2 is 1.83 bits per heavy atom. The van der Waals surface area contributed by atoms with Gasteiger partial charge in [-0.1, -0.05) is 13.8 Å². The van der Waals surface area contributed by atoms with Crippen LogP contribution >= 0.6 is 0 Å². The number of carbonyl (C=O) groups is 2. The number of piperazine rings is 1. The van der Waals surface area contributed by atoms with Gasteiger partial charge in [-0.05, 0) is 75.4 Å². The molecule has 282 valence electrons. The number of benzene rings is 2. The van der Waals surface area contributed by atoms with Crippen molar-refractivity contribution in [1.82, 2.24) is 18.8 Å². The number of aryl methyl sites for hydroxylation is 2. The van der Waals surface area contributed by atoms with Gasteiger partial charge in [0.15, 0.2) is 0 Å². The van der Waals surface area contributed by atoms with E-state index in [2.05, 4.69) is 22.9 Å². The number of amides is 2. The van der Waals surface area contributed by atoms with Crippen molar-refractivity contribution in [3.8, 4) is 5.75 Å². The van der Waals surface area contributed by atoms with Crippen molar-refractivity contribution in [2.45, 2.75) is 60.0 Å². The summed E-state index contributed by atoms with van der Waals surface area (Å²) in [6.45, 7) is 13.2. The van der Waals surface area contributed by atoms with E-state index in [-0.39, 0.29) is 61.1 Å². The molecule has 13 nitrogen and oxygen atoms in total. The Labute approximate surface area is 303 Å². The molecule has 2 saturated heterocycles. The van der Waals surface area contributed by atoms with Crippen LogP contribution in [0.25, 0.3) is 11.0 Å². The minimum atomic E-state index is -4.20. The molecule has 4 heterocycles. The van der Waals surface area contributed by atoms with E-state index >= 15 is 4.39 Å². The maximum absolute atomic E-state index is 15.7. The normalized spacial score (nSPS) is 19.6. The predicted molar refractivity (Wildman–Crippen MR) is 195 cm³/mol. The van der Waals surface area contributed by atoms with Gasteiger partial charge < -0.3 is 23.7 Å². The molecule has 3 aliphatic rings. The molecular weight excluding hydrogens is 693 g/mol. The number of rotatable bonds is 9. The Morgan fingerprint density at radius 3 is 2.50 bits per heavy atom. The molecule has 2 fully saturated rings. The first-order valence-corrected chi connectivity index (χ1v) is 19.1. The van der Waals surface area contributed by atoms with Crippen molar-refractivity contribution in [2.75, 3.05) is 71.5 Å². The maximum Gasteiger partial charge on any atom is 0.341 e. The summed E-state index contributed by atoms with van der Waals surface area (Å²) in [4.78, 5) is 46.5. The first-order chi connectivity index (χ1) is 24.5. The molecule has 2 amide bonds.